The maximum Gasteiger partial charge on any atom is 0.271 e. The zero-order valence-corrected chi connectivity index (χ0v) is 21.9. The molecule has 1 fully saturated rings. The van der Waals surface area contributed by atoms with Crippen LogP contribution in [-0.4, -0.2) is 39.5 Å². The molecule has 2 amide bonds. The van der Waals surface area contributed by atoms with Crippen molar-refractivity contribution in [2.45, 2.75) is 71.6 Å². The molecule has 0 saturated heterocycles. The molecule has 1 saturated carbocycles. The second-order valence-corrected chi connectivity index (χ2v) is 11.3. The number of nitrogens with zero attached hydrogens (tertiary/aromatic N) is 2. The molecule has 186 valence electrons. The predicted molar refractivity (Wildman–Crippen MR) is 140 cm³/mol. The fraction of sp³-hybridized carbons (Fsp3) is 0.500. The van der Waals surface area contributed by atoms with E-state index in [1.54, 1.807) is 16.2 Å². The normalized spacial score (nSPS) is 26.6. The maximum absolute atomic E-state index is 14.0. The fourth-order valence-corrected chi connectivity index (χ4v) is 6.49. The first-order valence-corrected chi connectivity index (χ1v) is 13.6. The van der Waals surface area contributed by atoms with Crippen molar-refractivity contribution in [3.63, 3.8) is 0 Å². The van der Waals surface area contributed by atoms with E-state index in [9.17, 15) is 9.59 Å². The first kappa shape index (κ1) is 23.9. The first-order valence-electron chi connectivity index (χ1n) is 12.7. The lowest BCUT2D eigenvalue weighted by Gasteiger charge is -2.45. The van der Waals surface area contributed by atoms with Crippen molar-refractivity contribution in [1.82, 2.24) is 14.8 Å². The number of carbonyl (C=O) groups excluding carboxylic acids is 2. The quantitative estimate of drug-likeness (QED) is 0.496. The van der Waals surface area contributed by atoms with Crippen LogP contribution in [0.1, 0.15) is 63.0 Å². The number of fused-ring (bicyclic) bond motifs is 3. The number of hydrogen-bond acceptors (Lipinski definition) is 4. The molecule has 3 heterocycles. The Kier molecular flexibility index (Phi) is 6.38. The molecule has 0 unspecified atom stereocenters. The molecule has 1 N–H and O–H groups in total. The zero-order valence-electron chi connectivity index (χ0n) is 21.0. The number of thiophene rings is 1. The van der Waals surface area contributed by atoms with Crippen molar-refractivity contribution in [3.05, 3.63) is 53.0 Å². The summed E-state index contributed by atoms with van der Waals surface area (Å²) in [6.45, 7) is 9.80. The Morgan fingerprint density at radius 3 is 2.71 bits per heavy atom. The van der Waals surface area contributed by atoms with Gasteiger partial charge in [0.25, 0.3) is 5.91 Å². The average molecular weight is 494 g/mol. The second-order valence-electron chi connectivity index (χ2n) is 10.4. The zero-order chi connectivity index (χ0) is 24.7. The van der Waals surface area contributed by atoms with Gasteiger partial charge in [-0.15, -0.1) is 11.3 Å². The number of hydrogen-bond donors (Lipinski definition) is 1. The van der Waals surface area contributed by atoms with Crippen LogP contribution in [0.4, 0.5) is 0 Å². The molecular formula is C28H35N3O3S. The standard InChI is InChI=1S/C28H35N3O3S/c1-5-34-21-11-9-20(10-12-21)16-31-26(32)24-15-25-23(13-14-35-25)30(24)17-28(31,4)27(33)29-22-8-6-7-18(2)19(22)3/h9-15,18-19,22H,5-8,16-17H2,1-4H3,(H,29,33)/t18-,19-,22+,28+/m0/s1. The summed E-state index contributed by atoms with van der Waals surface area (Å²) in [6.07, 6.45) is 3.32. The van der Waals surface area contributed by atoms with E-state index in [-0.39, 0.29) is 17.9 Å². The summed E-state index contributed by atoms with van der Waals surface area (Å²) in [6, 6.07) is 12.0. The SMILES string of the molecule is CCOc1ccc(CN2C(=O)c3cc4sccc4n3C[C@]2(C)C(=O)N[C@@H]2CCC[C@H](C)[C@@H]2C)cc1. The summed E-state index contributed by atoms with van der Waals surface area (Å²) in [4.78, 5) is 29.7. The van der Waals surface area contributed by atoms with Crippen molar-refractivity contribution in [1.29, 1.82) is 0 Å². The van der Waals surface area contributed by atoms with Crippen LogP contribution in [0.25, 0.3) is 10.2 Å². The number of amides is 2. The number of benzene rings is 1. The molecule has 0 radical (unpaired) electrons. The van der Waals surface area contributed by atoms with Gasteiger partial charge in [0.05, 0.1) is 23.4 Å². The van der Waals surface area contributed by atoms with E-state index >= 15 is 0 Å². The van der Waals surface area contributed by atoms with Gasteiger partial charge in [-0.2, -0.15) is 0 Å². The highest BCUT2D eigenvalue weighted by atomic mass is 32.1. The first-order chi connectivity index (χ1) is 16.8. The van der Waals surface area contributed by atoms with Crippen LogP contribution < -0.4 is 10.1 Å². The molecule has 4 atom stereocenters. The molecule has 2 aromatic heterocycles. The van der Waals surface area contributed by atoms with Crippen LogP contribution in [0.15, 0.2) is 41.8 Å². The molecule has 1 aliphatic heterocycles. The predicted octanol–water partition coefficient (Wildman–Crippen LogP) is 5.46. The number of ether oxygens (including phenoxy) is 1. The lowest BCUT2D eigenvalue weighted by Crippen LogP contribution is -2.65. The van der Waals surface area contributed by atoms with Crippen LogP contribution in [0.2, 0.25) is 0 Å². The summed E-state index contributed by atoms with van der Waals surface area (Å²) < 4.78 is 8.69. The molecule has 5 rings (SSSR count). The summed E-state index contributed by atoms with van der Waals surface area (Å²) in [5.41, 5.74) is 1.65. The van der Waals surface area contributed by atoms with Gasteiger partial charge in [-0.05, 0) is 67.3 Å². The fourth-order valence-electron chi connectivity index (χ4n) is 5.67. The minimum absolute atomic E-state index is 0.0644. The van der Waals surface area contributed by atoms with Gasteiger partial charge in [0.1, 0.15) is 17.0 Å². The Labute approximate surface area is 211 Å². The molecule has 3 aromatic rings. The third kappa shape index (κ3) is 4.24. The van der Waals surface area contributed by atoms with E-state index in [4.69, 9.17) is 4.74 Å². The second kappa shape index (κ2) is 9.34. The average Bonchev–Trinajstić information content (AvgIpc) is 3.43. The molecule has 0 spiro atoms. The monoisotopic (exact) mass is 493 g/mol. The molecule has 1 aliphatic carbocycles. The minimum Gasteiger partial charge on any atom is -0.494 e. The van der Waals surface area contributed by atoms with Crippen LogP contribution in [0.5, 0.6) is 5.75 Å². The van der Waals surface area contributed by atoms with Gasteiger partial charge < -0.3 is 19.5 Å². The molecular weight excluding hydrogens is 458 g/mol. The Balaban J connectivity index is 1.49. The number of carbonyl (C=O) groups is 2. The van der Waals surface area contributed by atoms with Gasteiger partial charge in [0.2, 0.25) is 5.91 Å². The number of rotatable bonds is 6. The summed E-state index contributed by atoms with van der Waals surface area (Å²) in [5, 5.41) is 5.41. The molecule has 2 aliphatic rings. The van der Waals surface area contributed by atoms with Gasteiger partial charge in [0, 0.05) is 12.6 Å². The van der Waals surface area contributed by atoms with Gasteiger partial charge in [-0.1, -0.05) is 38.8 Å². The topological polar surface area (TPSA) is 63.6 Å². The van der Waals surface area contributed by atoms with E-state index in [0.717, 1.165) is 34.4 Å². The highest BCUT2D eigenvalue weighted by Gasteiger charge is 2.48. The highest BCUT2D eigenvalue weighted by Crippen LogP contribution is 2.36. The van der Waals surface area contributed by atoms with Gasteiger partial charge in [0.15, 0.2) is 0 Å². The summed E-state index contributed by atoms with van der Waals surface area (Å²) >= 11 is 1.63. The van der Waals surface area contributed by atoms with E-state index in [1.807, 2.05) is 60.2 Å². The third-order valence-electron chi connectivity index (χ3n) is 8.14. The Morgan fingerprint density at radius 1 is 1.20 bits per heavy atom. The van der Waals surface area contributed by atoms with Crippen LogP contribution in [0, 0.1) is 11.8 Å². The van der Waals surface area contributed by atoms with E-state index in [2.05, 4.69) is 19.2 Å². The molecule has 1 aromatic carbocycles. The molecule has 6 nitrogen and oxygen atoms in total. The van der Waals surface area contributed by atoms with Gasteiger partial charge in [-0.25, -0.2) is 0 Å². The minimum atomic E-state index is -1.00. The van der Waals surface area contributed by atoms with Crippen molar-refractivity contribution in [2.24, 2.45) is 11.8 Å². The van der Waals surface area contributed by atoms with E-state index in [1.165, 1.54) is 6.42 Å². The summed E-state index contributed by atoms with van der Waals surface area (Å²) in [5.74, 6) is 1.63. The van der Waals surface area contributed by atoms with Crippen molar-refractivity contribution < 1.29 is 14.3 Å². The smallest absolute Gasteiger partial charge is 0.271 e. The molecule has 35 heavy (non-hydrogen) atoms. The van der Waals surface area contributed by atoms with Crippen LogP contribution in [0.3, 0.4) is 0 Å². The maximum atomic E-state index is 14.0. The van der Waals surface area contributed by atoms with Crippen molar-refractivity contribution >= 4 is 33.4 Å². The highest BCUT2D eigenvalue weighted by molar-refractivity contribution is 7.17. The molecule has 0 bridgehead atoms. The van der Waals surface area contributed by atoms with Crippen molar-refractivity contribution in [2.75, 3.05) is 6.61 Å². The van der Waals surface area contributed by atoms with Crippen LogP contribution in [-0.2, 0) is 17.9 Å². The molecule has 7 heteroatoms. The van der Waals surface area contributed by atoms with Crippen molar-refractivity contribution in [3.8, 4) is 5.75 Å². The largest absolute Gasteiger partial charge is 0.494 e. The Morgan fingerprint density at radius 2 is 1.97 bits per heavy atom. The number of nitrogens with one attached hydrogen (secondary N) is 1. The third-order valence-corrected chi connectivity index (χ3v) is 8.99. The van der Waals surface area contributed by atoms with E-state index in [0.29, 0.717) is 37.2 Å². The van der Waals surface area contributed by atoms with E-state index < -0.39 is 5.54 Å². The Hall–Kier alpha value is -2.80. The number of aromatic nitrogens is 1. The lowest BCUT2D eigenvalue weighted by atomic mass is 9.77. The lowest BCUT2D eigenvalue weighted by molar-refractivity contribution is -0.134. The summed E-state index contributed by atoms with van der Waals surface area (Å²) in [7, 11) is 0. The van der Waals surface area contributed by atoms with Gasteiger partial charge >= 0.3 is 0 Å². The van der Waals surface area contributed by atoms with Crippen LogP contribution >= 0.6 is 11.3 Å². The Bertz CT molecular complexity index is 1230. The van der Waals surface area contributed by atoms with Gasteiger partial charge in [-0.3, -0.25) is 9.59 Å².